The molecule has 4 nitrogen and oxygen atoms in total. The molecular formula is C13H23NO3S. The van der Waals surface area contributed by atoms with Gasteiger partial charge in [0.2, 0.25) is 0 Å². The predicted molar refractivity (Wildman–Crippen MR) is 69.6 cm³/mol. The van der Waals surface area contributed by atoms with Crippen LogP contribution in [0.15, 0.2) is 0 Å². The molecule has 0 aromatic carbocycles. The van der Waals surface area contributed by atoms with Crippen LogP contribution in [0.5, 0.6) is 0 Å². The van der Waals surface area contributed by atoms with Gasteiger partial charge in [-0.1, -0.05) is 0 Å². The fraction of sp³-hybridized carbons (Fsp3) is 1.00. The molecule has 1 unspecified atom stereocenters. The maximum absolute atomic E-state index is 10.9. The van der Waals surface area contributed by atoms with Crippen molar-refractivity contribution in [3.05, 3.63) is 0 Å². The van der Waals surface area contributed by atoms with Gasteiger partial charge in [-0.25, -0.2) is 0 Å². The summed E-state index contributed by atoms with van der Waals surface area (Å²) in [6.45, 7) is 0. The molecule has 0 heterocycles. The first kappa shape index (κ1) is 12.9. The van der Waals surface area contributed by atoms with Gasteiger partial charge in [0, 0.05) is 6.04 Å². The van der Waals surface area contributed by atoms with Crippen LogP contribution in [0.1, 0.15) is 44.9 Å². The molecule has 104 valence electrons. The van der Waals surface area contributed by atoms with E-state index in [1.807, 2.05) is 0 Å². The third-order valence-electron chi connectivity index (χ3n) is 5.56. The monoisotopic (exact) mass is 273 g/mol. The van der Waals surface area contributed by atoms with Gasteiger partial charge in [-0.05, 0) is 68.1 Å². The van der Waals surface area contributed by atoms with Gasteiger partial charge in [-0.3, -0.25) is 4.55 Å². The van der Waals surface area contributed by atoms with E-state index in [0.29, 0.717) is 6.42 Å². The van der Waals surface area contributed by atoms with Crippen molar-refractivity contribution in [2.75, 3.05) is 5.75 Å². The highest BCUT2D eigenvalue weighted by Crippen LogP contribution is 2.61. The molecule has 4 aliphatic carbocycles. The summed E-state index contributed by atoms with van der Waals surface area (Å²) in [6.07, 6.45) is 8.06. The average molecular weight is 273 g/mol. The first-order chi connectivity index (χ1) is 8.36. The van der Waals surface area contributed by atoms with Crippen LogP contribution in [0.2, 0.25) is 0 Å². The molecule has 0 aromatic rings. The standard InChI is InChI=1S/C13H23NO3S/c14-12(1-2-18(15,16)17)13-6-9-3-10(7-13)5-11(4-9)8-13/h9-12H,1-8,14H2,(H,15,16,17). The summed E-state index contributed by atoms with van der Waals surface area (Å²) in [4.78, 5) is 0. The summed E-state index contributed by atoms with van der Waals surface area (Å²) >= 11 is 0. The van der Waals surface area contributed by atoms with E-state index in [0.717, 1.165) is 17.8 Å². The molecule has 0 radical (unpaired) electrons. The lowest BCUT2D eigenvalue weighted by molar-refractivity contribution is -0.0672. The summed E-state index contributed by atoms with van der Waals surface area (Å²) in [7, 11) is -3.87. The molecule has 0 spiro atoms. The van der Waals surface area contributed by atoms with E-state index in [2.05, 4.69) is 0 Å². The largest absolute Gasteiger partial charge is 0.327 e. The molecule has 4 bridgehead atoms. The molecule has 3 N–H and O–H groups in total. The molecule has 0 saturated heterocycles. The predicted octanol–water partition coefficient (Wildman–Crippen LogP) is 1.81. The highest BCUT2D eigenvalue weighted by molar-refractivity contribution is 7.85. The average Bonchev–Trinajstić information content (AvgIpc) is 2.22. The fourth-order valence-electron chi connectivity index (χ4n) is 5.21. The number of hydrogen-bond donors (Lipinski definition) is 2. The highest BCUT2D eigenvalue weighted by atomic mass is 32.2. The summed E-state index contributed by atoms with van der Waals surface area (Å²) < 4.78 is 30.6. The lowest BCUT2D eigenvalue weighted by Gasteiger charge is -2.59. The van der Waals surface area contributed by atoms with Gasteiger partial charge < -0.3 is 5.73 Å². The highest BCUT2D eigenvalue weighted by Gasteiger charge is 2.53. The summed E-state index contributed by atoms with van der Waals surface area (Å²) in [6, 6.07) is -0.0622. The van der Waals surface area contributed by atoms with Gasteiger partial charge in [0.15, 0.2) is 0 Å². The Labute approximate surface area is 109 Å². The molecule has 4 aliphatic rings. The topological polar surface area (TPSA) is 80.4 Å². The van der Waals surface area contributed by atoms with Gasteiger partial charge in [-0.2, -0.15) is 8.42 Å². The molecule has 1 atom stereocenters. The Balaban J connectivity index is 1.71. The van der Waals surface area contributed by atoms with Crippen LogP contribution < -0.4 is 5.73 Å². The van der Waals surface area contributed by atoms with Crippen molar-refractivity contribution in [1.82, 2.24) is 0 Å². The Morgan fingerprint density at radius 1 is 1.11 bits per heavy atom. The minimum atomic E-state index is -3.87. The van der Waals surface area contributed by atoms with E-state index in [-0.39, 0.29) is 17.2 Å². The SMILES string of the molecule is NC(CCS(=O)(=O)O)C12CC3CC(CC(C3)C1)C2. The van der Waals surface area contributed by atoms with Crippen molar-refractivity contribution >= 4 is 10.1 Å². The molecule has 4 fully saturated rings. The molecule has 0 amide bonds. The van der Waals surface area contributed by atoms with Crippen LogP contribution in [-0.2, 0) is 10.1 Å². The van der Waals surface area contributed by atoms with Crippen LogP contribution >= 0.6 is 0 Å². The van der Waals surface area contributed by atoms with Gasteiger partial charge in [-0.15, -0.1) is 0 Å². The van der Waals surface area contributed by atoms with E-state index in [1.54, 1.807) is 0 Å². The van der Waals surface area contributed by atoms with Crippen LogP contribution in [0.4, 0.5) is 0 Å². The fourth-order valence-corrected chi connectivity index (χ4v) is 5.77. The van der Waals surface area contributed by atoms with Gasteiger partial charge >= 0.3 is 0 Å². The van der Waals surface area contributed by atoms with Crippen molar-refractivity contribution in [2.45, 2.75) is 51.0 Å². The van der Waals surface area contributed by atoms with E-state index >= 15 is 0 Å². The zero-order valence-electron chi connectivity index (χ0n) is 10.7. The lowest BCUT2D eigenvalue weighted by atomic mass is 9.47. The minimum Gasteiger partial charge on any atom is -0.327 e. The molecule has 0 aromatic heterocycles. The zero-order chi connectivity index (χ0) is 13.0. The summed E-state index contributed by atoms with van der Waals surface area (Å²) in [5.41, 5.74) is 6.48. The van der Waals surface area contributed by atoms with Gasteiger partial charge in [0.05, 0.1) is 5.75 Å². The van der Waals surface area contributed by atoms with Crippen molar-refractivity contribution in [3.8, 4) is 0 Å². The minimum absolute atomic E-state index is 0.0622. The van der Waals surface area contributed by atoms with Crippen LogP contribution in [0, 0.1) is 23.2 Å². The third-order valence-corrected chi connectivity index (χ3v) is 6.31. The molecule has 5 heteroatoms. The second kappa shape index (κ2) is 4.18. The van der Waals surface area contributed by atoms with E-state index in [1.165, 1.54) is 38.5 Å². The van der Waals surface area contributed by atoms with Crippen molar-refractivity contribution in [1.29, 1.82) is 0 Å². The Morgan fingerprint density at radius 3 is 1.94 bits per heavy atom. The van der Waals surface area contributed by atoms with Crippen molar-refractivity contribution < 1.29 is 13.0 Å². The Kier molecular flexibility index (Phi) is 2.99. The van der Waals surface area contributed by atoms with Gasteiger partial charge in [0.1, 0.15) is 0 Å². The van der Waals surface area contributed by atoms with E-state index in [9.17, 15) is 8.42 Å². The first-order valence-corrected chi connectivity index (χ1v) is 8.68. The van der Waals surface area contributed by atoms with Gasteiger partial charge in [0.25, 0.3) is 10.1 Å². The number of hydrogen-bond acceptors (Lipinski definition) is 3. The van der Waals surface area contributed by atoms with E-state index in [4.69, 9.17) is 10.3 Å². The summed E-state index contributed by atoms with van der Waals surface area (Å²) in [5, 5.41) is 0. The van der Waals surface area contributed by atoms with Crippen molar-refractivity contribution in [3.63, 3.8) is 0 Å². The quantitative estimate of drug-likeness (QED) is 0.765. The smallest absolute Gasteiger partial charge is 0.264 e. The normalized spacial score (nSPS) is 44.2. The van der Waals surface area contributed by atoms with Crippen LogP contribution in [0.25, 0.3) is 0 Å². The van der Waals surface area contributed by atoms with Crippen LogP contribution in [-0.4, -0.2) is 24.8 Å². The van der Waals surface area contributed by atoms with Crippen molar-refractivity contribution in [2.24, 2.45) is 28.9 Å². The number of nitrogens with two attached hydrogens (primary N) is 1. The molecular weight excluding hydrogens is 250 g/mol. The summed E-state index contributed by atoms with van der Waals surface area (Å²) in [5.74, 6) is 2.30. The molecule has 0 aliphatic heterocycles. The Bertz CT molecular complexity index is 396. The maximum atomic E-state index is 10.9. The lowest BCUT2D eigenvalue weighted by Crippen LogP contribution is -2.54. The maximum Gasteiger partial charge on any atom is 0.264 e. The Morgan fingerprint density at radius 2 is 1.56 bits per heavy atom. The Hall–Kier alpha value is -0.130. The zero-order valence-corrected chi connectivity index (χ0v) is 11.5. The second-order valence-corrected chi connectivity index (χ2v) is 8.53. The van der Waals surface area contributed by atoms with E-state index < -0.39 is 10.1 Å². The molecule has 4 rings (SSSR count). The number of rotatable bonds is 4. The molecule has 18 heavy (non-hydrogen) atoms. The first-order valence-electron chi connectivity index (χ1n) is 7.07. The van der Waals surface area contributed by atoms with Crippen LogP contribution in [0.3, 0.4) is 0 Å². The third kappa shape index (κ3) is 2.32. The second-order valence-electron chi connectivity index (χ2n) is 6.96. The molecule has 4 saturated carbocycles.